The summed E-state index contributed by atoms with van der Waals surface area (Å²) in [4.78, 5) is 0. The maximum absolute atomic E-state index is 8.97. The third-order valence-electron chi connectivity index (χ3n) is 2.29. The SMILES string of the molecule is CCC/C(C#N)=C(/N)c1cc(C)oc1C. The average Bonchev–Trinajstić information content (AvgIpc) is 2.53. The molecule has 0 fully saturated rings. The summed E-state index contributed by atoms with van der Waals surface area (Å²) in [6, 6.07) is 4.02. The number of furan rings is 1. The van der Waals surface area contributed by atoms with Crippen molar-refractivity contribution in [1.82, 2.24) is 0 Å². The fraction of sp³-hybridized carbons (Fsp3) is 0.417. The Hall–Kier alpha value is -1.69. The highest BCUT2D eigenvalue weighted by Gasteiger charge is 2.11. The third-order valence-corrected chi connectivity index (χ3v) is 2.29. The third kappa shape index (κ3) is 2.41. The van der Waals surface area contributed by atoms with Crippen LogP contribution in [-0.2, 0) is 0 Å². The normalized spacial score (nSPS) is 12.1. The molecule has 0 radical (unpaired) electrons. The summed E-state index contributed by atoms with van der Waals surface area (Å²) >= 11 is 0. The molecule has 0 spiro atoms. The molecule has 0 saturated carbocycles. The van der Waals surface area contributed by atoms with Crippen molar-refractivity contribution in [2.24, 2.45) is 5.73 Å². The van der Waals surface area contributed by atoms with Gasteiger partial charge in [-0.2, -0.15) is 5.26 Å². The van der Waals surface area contributed by atoms with Crippen LogP contribution in [-0.4, -0.2) is 0 Å². The Morgan fingerprint density at radius 1 is 1.53 bits per heavy atom. The predicted octanol–water partition coefficient (Wildman–Crippen LogP) is 2.89. The van der Waals surface area contributed by atoms with Crippen molar-refractivity contribution < 1.29 is 4.42 Å². The van der Waals surface area contributed by atoms with Crippen molar-refractivity contribution in [3.8, 4) is 6.07 Å². The van der Waals surface area contributed by atoms with Gasteiger partial charge in [-0.05, 0) is 26.3 Å². The number of nitrogens with two attached hydrogens (primary N) is 1. The van der Waals surface area contributed by atoms with Crippen LogP contribution in [0.15, 0.2) is 16.1 Å². The molecular weight excluding hydrogens is 188 g/mol. The van der Waals surface area contributed by atoms with Crippen molar-refractivity contribution in [2.45, 2.75) is 33.6 Å². The monoisotopic (exact) mass is 204 g/mol. The second kappa shape index (κ2) is 4.70. The highest BCUT2D eigenvalue weighted by molar-refractivity contribution is 5.70. The molecule has 1 rings (SSSR count). The molecule has 0 aliphatic rings. The van der Waals surface area contributed by atoms with Crippen LogP contribution in [0, 0.1) is 25.2 Å². The van der Waals surface area contributed by atoms with Crippen molar-refractivity contribution in [2.75, 3.05) is 0 Å². The Morgan fingerprint density at radius 2 is 2.20 bits per heavy atom. The van der Waals surface area contributed by atoms with Crippen LogP contribution in [0.2, 0.25) is 0 Å². The predicted molar refractivity (Wildman–Crippen MR) is 59.8 cm³/mol. The maximum Gasteiger partial charge on any atom is 0.110 e. The lowest BCUT2D eigenvalue weighted by atomic mass is 10.0. The number of nitrogens with zero attached hydrogens (tertiary/aromatic N) is 1. The molecule has 2 N–H and O–H groups in total. The zero-order valence-corrected chi connectivity index (χ0v) is 9.42. The van der Waals surface area contributed by atoms with Gasteiger partial charge in [-0.15, -0.1) is 0 Å². The number of aryl methyl sites for hydroxylation is 2. The molecular formula is C12H16N2O. The Labute approximate surface area is 90.2 Å². The van der Waals surface area contributed by atoms with Gasteiger partial charge in [0, 0.05) is 5.56 Å². The average molecular weight is 204 g/mol. The molecule has 0 saturated heterocycles. The summed E-state index contributed by atoms with van der Waals surface area (Å²) in [5.41, 5.74) is 7.98. The standard InChI is InChI=1S/C12H16N2O/c1-4-5-10(7-13)12(14)11-6-8(2)15-9(11)3/h6H,4-5,14H2,1-3H3/b12-10-. The van der Waals surface area contributed by atoms with Gasteiger partial charge in [0.25, 0.3) is 0 Å². The lowest BCUT2D eigenvalue weighted by Gasteiger charge is -2.02. The second-order valence-corrected chi connectivity index (χ2v) is 3.58. The molecule has 0 aromatic carbocycles. The molecule has 15 heavy (non-hydrogen) atoms. The summed E-state index contributed by atoms with van der Waals surface area (Å²) in [7, 11) is 0. The van der Waals surface area contributed by atoms with Crippen molar-refractivity contribution >= 4 is 5.70 Å². The zero-order chi connectivity index (χ0) is 11.4. The van der Waals surface area contributed by atoms with E-state index < -0.39 is 0 Å². The second-order valence-electron chi connectivity index (χ2n) is 3.58. The first kappa shape index (κ1) is 11.4. The Balaban J connectivity index is 3.17. The topological polar surface area (TPSA) is 63.0 Å². The highest BCUT2D eigenvalue weighted by atomic mass is 16.3. The fourth-order valence-corrected chi connectivity index (χ4v) is 1.56. The molecule has 3 nitrogen and oxygen atoms in total. The van der Waals surface area contributed by atoms with Crippen LogP contribution < -0.4 is 5.73 Å². The smallest absolute Gasteiger partial charge is 0.110 e. The molecule has 0 atom stereocenters. The van der Waals surface area contributed by atoms with Crippen LogP contribution in [0.1, 0.15) is 36.8 Å². The molecule has 0 bridgehead atoms. The van der Waals surface area contributed by atoms with Gasteiger partial charge < -0.3 is 10.2 Å². The number of hydrogen-bond acceptors (Lipinski definition) is 3. The largest absolute Gasteiger partial charge is 0.466 e. The van der Waals surface area contributed by atoms with E-state index in [1.165, 1.54) is 0 Å². The first-order valence-corrected chi connectivity index (χ1v) is 5.06. The van der Waals surface area contributed by atoms with E-state index in [1.54, 1.807) is 0 Å². The van der Waals surface area contributed by atoms with Gasteiger partial charge in [0.2, 0.25) is 0 Å². The Bertz CT molecular complexity index is 421. The highest BCUT2D eigenvalue weighted by Crippen LogP contribution is 2.23. The molecule has 0 aliphatic carbocycles. The van der Waals surface area contributed by atoms with Gasteiger partial charge in [-0.25, -0.2) is 0 Å². The summed E-state index contributed by atoms with van der Waals surface area (Å²) in [6.07, 6.45) is 1.63. The number of nitriles is 1. The van der Waals surface area contributed by atoms with E-state index in [4.69, 9.17) is 15.4 Å². The fourth-order valence-electron chi connectivity index (χ4n) is 1.56. The number of rotatable bonds is 3. The molecule has 1 aromatic heterocycles. The van der Waals surface area contributed by atoms with Crippen LogP contribution >= 0.6 is 0 Å². The van der Waals surface area contributed by atoms with E-state index >= 15 is 0 Å². The van der Waals surface area contributed by atoms with Crippen molar-refractivity contribution in [1.29, 1.82) is 5.26 Å². The molecule has 1 heterocycles. The van der Waals surface area contributed by atoms with Crippen LogP contribution in [0.4, 0.5) is 0 Å². The van der Waals surface area contributed by atoms with Gasteiger partial charge >= 0.3 is 0 Å². The van der Waals surface area contributed by atoms with E-state index in [2.05, 4.69) is 6.07 Å². The molecule has 80 valence electrons. The van der Waals surface area contributed by atoms with Crippen LogP contribution in [0.25, 0.3) is 5.70 Å². The van der Waals surface area contributed by atoms with Crippen LogP contribution in [0.3, 0.4) is 0 Å². The molecule has 0 unspecified atom stereocenters. The van der Waals surface area contributed by atoms with Gasteiger partial charge in [0.1, 0.15) is 11.5 Å². The van der Waals surface area contributed by atoms with Gasteiger partial charge in [-0.1, -0.05) is 13.3 Å². The van der Waals surface area contributed by atoms with Crippen molar-refractivity contribution in [3.05, 3.63) is 28.7 Å². The first-order valence-electron chi connectivity index (χ1n) is 5.06. The summed E-state index contributed by atoms with van der Waals surface area (Å²) in [5, 5.41) is 8.97. The lowest BCUT2D eigenvalue weighted by molar-refractivity contribution is 0.504. The van der Waals surface area contributed by atoms with E-state index in [-0.39, 0.29) is 0 Å². The summed E-state index contributed by atoms with van der Waals surface area (Å²) in [6.45, 7) is 5.75. The van der Waals surface area contributed by atoms with Crippen LogP contribution in [0.5, 0.6) is 0 Å². The lowest BCUT2D eigenvalue weighted by Crippen LogP contribution is -2.01. The number of hydrogen-bond donors (Lipinski definition) is 1. The maximum atomic E-state index is 8.97. The van der Waals surface area contributed by atoms with Crippen molar-refractivity contribution in [3.63, 3.8) is 0 Å². The molecule has 0 amide bonds. The molecule has 1 aromatic rings. The number of allylic oxidation sites excluding steroid dienone is 1. The minimum absolute atomic E-state index is 0.550. The Morgan fingerprint density at radius 3 is 2.60 bits per heavy atom. The van der Waals surface area contributed by atoms with E-state index in [1.807, 2.05) is 26.8 Å². The van der Waals surface area contributed by atoms with Gasteiger partial charge in [0.05, 0.1) is 17.3 Å². The first-order chi connectivity index (χ1) is 7.10. The molecule has 3 heteroatoms. The van der Waals surface area contributed by atoms with Gasteiger partial charge in [0.15, 0.2) is 0 Å². The summed E-state index contributed by atoms with van der Waals surface area (Å²) in [5.74, 6) is 1.59. The Kier molecular flexibility index (Phi) is 3.56. The molecule has 0 aliphatic heterocycles. The van der Waals surface area contributed by atoms with E-state index in [0.29, 0.717) is 17.7 Å². The quantitative estimate of drug-likeness (QED) is 0.770. The minimum atomic E-state index is 0.550. The van der Waals surface area contributed by atoms with Gasteiger partial charge in [-0.3, -0.25) is 0 Å². The van der Waals surface area contributed by atoms with E-state index in [9.17, 15) is 0 Å². The zero-order valence-electron chi connectivity index (χ0n) is 9.42. The minimum Gasteiger partial charge on any atom is -0.466 e. The van der Waals surface area contributed by atoms with E-state index in [0.717, 1.165) is 23.5 Å². The summed E-state index contributed by atoms with van der Waals surface area (Å²) < 4.78 is 5.38.